The highest BCUT2D eigenvalue weighted by Crippen LogP contribution is 2.32. The van der Waals surface area contributed by atoms with Gasteiger partial charge in [-0.15, -0.1) is 0 Å². The van der Waals surface area contributed by atoms with Crippen LogP contribution in [-0.4, -0.2) is 93.6 Å². The summed E-state index contributed by atoms with van der Waals surface area (Å²) in [6.45, 7) is 4.65. The molecule has 0 aliphatic carbocycles. The first-order chi connectivity index (χ1) is 21.3. The van der Waals surface area contributed by atoms with E-state index in [1.807, 2.05) is 13.0 Å². The summed E-state index contributed by atoms with van der Waals surface area (Å²) < 4.78 is 35.7. The predicted octanol–water partition coefficient (Wildman–Crippen LogP) is 2.99. The van der Waals surface area contributed by atoms with Gasteiger partial charge in [0.2, 0.25) is 11.7 Å². The number of hydrogen-bond acceptors (Lipinski definition) is 8. The van der Waals surface area contributed by atoms with Crippen molar-refractivity contribution in [2.75, 3.05) is 51.7 Å². The number of carbonyl (C=O) groups is 2. The fourth-order valence-corrected chi connectivity index (χ4v) is 5.88. The number of hydrogen-bond donors (Lipinski definition) is 3. The maximum Gasteiger partial charge on any atom is 0.254 e. The molecule has 6 rings (SSSR count). The van der Waals surface area contributed by atoms with Crippen LogP contribution in [0.15, 0.2) is 48.9 Å². The van der Waals surface area contributed by atoms with Gasteiger partial charge in [0.15, 0.2) is 23.0 Å². The number of anilines is 2. The third kappa shape index (κ3) is 5.44. The van der Waals surface area contributed by atoms with Gasteiger partial charge in [-0.05, 0) is 55.8 Å². The lowest BCUT2D eigenvalue weighted by Gasteiger charge is -2.38. The number of amides is 2. The Kier molecular flexibility index (Phi) is 8.15. The van der Waals surface area contributed by atoms with E-state index >= 15 is 0 Å². The number of aliphatic hydroxyl groups is 1. The second-order valence-electron chi connectivity index (χ2n) is 11.0. The number of ether oxygens (including phenoxy) is 1. The van der Waals surface area contributed by atoms with Crippen LogP contribution in [0.1, 0.15) is 22.3 Å². The molecule has 0 bridgehead atoms. The normalized spacial score (nSPS) is 18.8. The van der Waals surface area contributed by atoms with E-state index in [0.29, 0.717) is 74.1 Å². The lowest BCUT2D eigenvalue weighted by molar-refractivity contribution is -0.141. The van der Waals surface area contributed by atoms with Crippen molar-refractivity contribution < 1.29 is 28.2 Å². The zero-order chi connectivity index (χ0) is 31.0. The predicted molar refractivity (Wildman–Crippen MR) is 159 cm³/mol. The van der Waals surface area contributed by atoms with E-state index in [2.05, 4.69) is 20.6 Å². The van der Waals surface area contributed by atoms with Gasteiger partial charge in [0, 0.05) is 61.9 Å². The molecule has 2 aromatic carbocycles. The smallest absolute Gasteiger partial charge is 0.254 e. The van der Waals surface area contributed by atoms with Crippen LogP contribution in [0.3, 0.4) is 0 Å². The van der Waals surface area contributed by atoms with Gasteiger partial charge in [-0.3, -0.25) is 14.0 Å². The molecule has 44 heavy (non-hydrogen) atoms. The van der Waals surface area contributed by atoms with Crippen molar-refractivity contribution in [1.29, 1.82) is 0 Å². The molecule has 2 fully saturated rings. The van der Waals surface area contributed by atoms with Crippen LogP contribution in [-0.2, 0) is 4.79 Å². The average molecular weight is 606 g/mol. The number of β-amino-alcohol motifs (C(OH)–C–C–N with tert-alkyl or cyclic N) is 1. The molecular formula is C31H33F2N7O4. The highest BCUT2D eigenvalue weighted by Gasteiger charge is 2.34. The van der Waals surface area contributed by atoms with Crippen molar-refractivity contribution in [3.05, 3.63) is 71.7 Å². The van der Waals surface area contributed by atoms with Crippen molar-refractivity contribution in [2.24, 2.45) is 5.92 Å². The SMILES string of the molecule is COc1ccc(-c2cnc3c(Nc4ccc(C(=O)N5CCN(C(=O)[C@H]6CCNC[C@@H]6O)CC5)c(C)c4)nccn23)c(F)c1F. The first-order valence-corrected chi connectivity index (χ1v) is 14.5. The van der Waals surface area contributed by atoms with Crippen molar-refractivity contribution in [3.8, 4) is 17.0 Å². The Bertz CT molecular complexity index is 1720. The third-order valence-electron chi connectivity index (χ3n) is 8.34. The minimum Gasteiger partial charge on any atom is -0.494 e. The van der Waals surface area contributed by atoms with Crippen LogP contribution >= 0.6 is 0 Å². The van der Waals surface area contributed by atoms with Crippen molar-refractivity contribution in [3.63, 3.8) is 0 Å². The lowest BCUT2D eigenvalue weighted by atomic mass is 9.93. The molecular weight excluding hydrogens is 572 g/mol. The number of piperidine rings is 1. The standard InChI is InChI=1S/C31H33F2N7O4/c1-18-15-19(3-4-20(18)30(42)38-11-13-39(14-12-38)31(43)22-7-8-34-17-24(22)41)37-28-29-36-16-23(40(29)10-9-35-28)21-5-6-25(44-2)27(33)26(21)32/h3-6,9-10,15-16,22,24,34,41H,7-8,11-14,17H2,1-2H3,(H,35,37)/t22-,24-/m0/s1. The second kappa shape index (κ2) is 12.2. The number of aromatic nitrogens is 3. The van der Waals surface area contributed by atoms with Crippen molar-refractivity contribution in [2.45, 2.75) is 19.4 Å². The van der Waals surface area contributed by atoms with Gasteiger partial charge in [-0.25, -0.2) is 14.4 Å². The molecule has 4 aromatic rings. The molecule has 2 aliphatic rings. The monoisotopic (exact) mass is 605 g/mol. The Morgan fingerprint density at radius 3 is 2.57 bits per heavy atom. The number of piperazine rings is 1. The highest BCUT2D eigenvalue weighted by atomic mass is 19.2. The summed E-state index contributed by atoms with van der Waals surface area (Å²) in [5.74, 6) is -2.48. The summed E-state index contributed by atoms with van der Waals surface area (Å²) in [5.41, 5.74) is 2.75. The Morgan fingerprint density at radius 1 is 1.07 bits per heavy atom. The van der Waals surface area contributed by atoms with Crippen molar-refractivity contribution >= 4 is 29.0 Å². The summed E-state index contributed by atoms with van der Waals surface area (Å²) in [5, 5.41) is 16.5. The van der Waals surface area contributed by atoms with Crippen LogP contribution in [0.4, 0.5) is 20.3 Å². The summed E-state index contributed by atoms with van der Waals surface area (Å²) in [6, 6.07) is 8.14. The second-order valence-corrected chi connectivity index (χ2v) is 11.0. The first-order valence-electron chi connectivity index (χ1n) is 14.5. The summed E-state index contributed by atoms with van der Waals surface area (Å²) in [6.07, 6.45) is 4.50. The van der Waals surface area contributed by atoms with Gasteiger partial charge in [0.05, 0.1) is 31.0 Å². The van der Waals surface area contributed by atoms with Gasteiger partial charge >= 0.3 is 0 Å². The maximum absolute atomic E-state index is 14.8. The Morgan fingerprint density at radius 2 is 1.84 bits per heavy atom. The number of benzene rings is 2. The minimum absolute atomic E-state index is 0.0285. The molecule has 13 heteroatoms. The number of methoxy groups -OCH3 is 1. The number of carbonyl (C=O) groups excluding carboxylic acids is 2. The number of aliphatic hydroxyl groups excluding tert-OH is 1. The van der Waals surface area contributed by atoms with Crippen LogP contribution in [0.5, 0.6) is 5.75 Å². The zero-order valence-corrected chi connectivity index (χ0v) is 24.4. The molecule has 230 valence electrons. The van der Waals surface area contributed by atoms with Gasteiger partial charge in [0.1, 0.15) is 0 Å². The highest BCUT2D eigenvalue weighted by molar-refractivity contribution is 5.96. The molecule has 2 aromatic heterocycles. The molecule has 11 nitrogen and oxygen atoms in total. The molecule has 2 atom stereocenters. The number of nitrogens with one attached hydrogen (secondary N) is 2. The zero-order valence-electron chi connectivity index (χ0n) is 24.4. The molecule has 3 N–H and O–H groups in total. The molecule has 2 amide bonds. The number of nitrogens with zero attached hydrogens (tertiary/aromatic N) is 5. The number of imidazole rings is 1. The fourth-order valence-electron chi connectivity index (χ4n) is 5.88. The van der Waals surface area contributed by atoms with E-state index < -0.39 is 23.7 Å². The van der Waals surface area contributed by atoms with E-state index in [1.165, 1.54) is 31.6 Å². The lowest BCUT2D eigenvalue weighted by Crippen LogP contribution is -2.55. The largest absolute Gasteiger partial charge is 0.494 e. The van der Waals surface area contributed by atoms with E-state index in [-0.39, 0.29) is 23.1 Å². The Balaban J connectivity index is 1.14. The van der Waals surface area contributed by atoms with E-state index in [4.69, 9.17) is 4.74 Å². The molecule has 0 spiro atoms. The molecule has 0 radical (unpaired) electrons. The first kappa shape index (κ1) is 29.5. The van der Waals surface area contributed by atoms with E-state index in [0.717, 1.165) is 5.56 Å². The van der Waals surface area contributed by atoms with Crippen molar-refractivity contribution in [1.82, 2.24) is 29.5 Å². The topological polar surface area (TPSA) is 124 Å². The summed E-state index contributed by atoms with van der Waals surface area (Å²) in [7, 11) is 1.27. The van der Waals surface area contributed by atoms with Gasteiger partial charge in [-0.2, -0.15) is 4.39 Å². The van der Waals surface area contributed by atoms with E-state index in [9.17, 15) is 23.5 Å². The number of aryl methyl sites for hydroxylation is 1. The number of rotatable bonds is 6. The molecule has 2 saturated heterocycles. The third-order valence-corrected chi connectivity index (χ3v) is 8.34. The van der Waals surface area contributed by atoms with Crippen LogP contribution in [0, 0.1) is 24.5 Å². The number of fused-ring (bicyclic) bond motifs is 1. The summed E-state index contributed by atoms with van der Waals surface area (Å²) in [4.78, 5) is 38.6. The van der Waals surface area contributed by atoms with Gasteiger partial charge in [-0.1, -0.05) is 0 Å². The maximum atomic E-state index is 14.8. The van der Waals surface area contributed by atoms with Crippen LogP contribution in [0.25, 0.3) is 16.9 Å². The van der Waals surface area contributed by atoms with Crippen LogP contribution < -0.4 is 15.4 Å². The molecule has 0 saturated carbocycles. The van der Waals surface area contributed by atoms with Gasteiger partial charge < -0.3 is 30.3 Å². The van der Waals surface area contributed by atoms with Crippen LogP contribution in [0.2, 0.25) is 0 Å². The summed E-state index contributed by atoms with van der Waals surface area (Å²) >= 11 is 0. The van der Waals surface area contributed by atoms with Gasteiger partial charge in [0.25, 0.3) is 5.91 Å². The Labute approximate surface area is 252 Å². The Hall–Kier alpha value is -4.62. The quantitative estimate of drug-likeness (QED) is 0.307. The number of halogens is 2. The average Bonchev–Trinajstić information content (AvgIpc) is 3.47. The minimum atomic E-state index is -1.08. The van der Waals surface area contributed by atoms with E-state index in [1.54, 1.807) is 32.5 Å². The molecule has 2 aliphatic heterocycles. The molecule has 0 unspecified atom stereocenters. The fraction of sp³-hybridized carbons (Fsp3) is 0.355. The molecule has 4 heterocycles.